The molecule has 0 aromatic heterocycles. The number of alkyl halides is 3. The summed E-state index contributed by atoms with van der Waals surface area (Å²) in [6.07, 6.45) is 1.27. The number of quaternary nitrogens is 1. The van der Waals surface area contributed by atoms with Crippen LogP contribution in [0, 0.1) is 0 Å². The van der Waals surface area contributed by atoms with Crippen LogP contribution >= 0.6 is 0 Å². The molecular formula is C17H20F3N2O+. The third-order valence-corrected chi connectivity index (χ3v) is 3.74. The fraction of sp³-hybridized carbons (Fsp3) is 0.353. The molecule has 0 bridgehead atoms. The highest BCUT2D eigenvalue weighted by atomic mass is 19.4. The number of rotatable bonds is 5. The number of hydrogen-bond donors (Lipinski definition) is 1. The van der Waals surface area contributed by atoms with E-state index in [9.17, 15) is 18.0 Å². The highest BCUT2D eigenvalue weighted by molar-refractivity contribution is 5.94. The fourth-order valence-corrected chi connectivity index (χ4v) is 2.39. The van der Waals surface area contributed by atoms with Crippen molar-refractivity contribution in [1.82, 2.24) is 4.90 Å². The summed E-state index contributed by atoms with van der Waals surface area (Å²) in [5.41, 5.74) is 1.15. The molecule has 2 rings (SSSR count). The smallest absolute Gasteiger partial charge is 0.366 e. The van der Waals surface area contributed by atoms with Crippen molar-refractivity contribution in [3.05, 3.63) is 54.2 Å². The van der Waals surface area contributed by atoms with Gasteiger partial charge in [-0.15, -0.1) is 0 Å². The number of ketones is 1. The second-order valence-corrected chi connectivity index (χ2v) is 5.48. The Labute approximate surface area is 133 Å². The highest BCUT2D eigenvalue weighted by Gasteiger charge is 2.36. The van der Waals surface area contributed by atoms with Gasteiger partial charge in [-0.05, 0) is 11.6 Å². The summed E-state index contributed by atoms with van der Waals surface area (Å²) < 4.78 is 36.3. The minimum Gasteiger partial charge on any atom is -0.366 e. The van der Waals surface area contributed by atoms with E-state index in [0.29, 0.717) is 19.2 Å². The van der Waals surface area contributed by atoms with Crippen LogP contribution in [0.25, 0.3) is 6.08 Å². The van der Waals surface area contributed by atoms with Gasteiger partial charge in [0.05, 0.1) is 32.7 Å². The van der Waals surface area contributed by atoms with Crippen LogP contribution in [0.1, 0.15) is 5.56 Å². The van der Waals surface area contributed by atoms with Crippen molar-refractivity contribution in [1.29, 1.82) is 0 Å². The molecule has 6 heteroatoms. The molecule has 1 heterocycles. The van der Waals surface area contributed by atoms with Crippen LogP contribution in [0.5, 0.6) is 0 Å². The summed E-state index contributed by atoms with van der Waals surface area (Å²) in [6.45, 7) is 3.85. The van der Waals surface area contributed by atoms with Crippen molar-refractivity contribution in [3.8, 4) is 0 Å². The molecule has 0 saturated carbocycles. The first-order chi connectivity index (χ1) is 10.9. The van der Waals surface area contributed by atoms with Crippen LogP contribution in [-0.2, 0) is 4.79 Å². The van der Waals surface area contributed by atoms with Crippen LogP contribution in [0.15, 0.2) is 48.7 Å². The lowest BCUT2D eigenvalue weighted by Gasteiger charge is -2.30. The standard InChI is InChI=1S/C17H19F3N2O/c18-17(19,20)16(23)8-10-22-13-11-21(12-14-22)9-4-7-15-5-2-1-3-6-15/h1-8,10H,9,11-14H2/p+1/b7-4+,10-8+. The molecule has 3 nitrogen and oxygen atoms in total. The quantitative estimate of drug-likeness (QED) is 0.831. The number of nitrogens with one attached hydrogen (secondary N) is 1. The van der Waals surface area contributed by atoms with Crippen molar-refractivity contribution in [2.24, 2.45) is 0 Å². The number of benzene rings is 1. The van der Waals surface area contributed by atoms with Gasteiger partial charge in [-0.1, -0.05) is 36.4 Å². The van der Waals surface area contributed by atoms with Gasteiger partial charge in [0.2, 0.25) is 0 Å². The first kappa shape index (κ1) is 17.3. The topological polar surface area (TPSA) is 24.8 Å². The molecular weight excluding hydrogens is 305 g/mol. The molecule has 0 unspecified atom stereocenters. The average Bonchev–Trinajstić information content (AvgIpc) is 2.54. The molecule has 1 fully saturated rings. The zero-order chi connectivity index (χ0) is 16.7. The molecule has 0 amide bonds. The molecule has 0 aliphatic carbocycles. The van der Waals surface area contributed by atoms with Gasteiger partial charge in [-0.3, -0.25) is 4.79 Å². The lowest BCUT2D eigenvalue weighted by Crippen LogP contribution is -3.14. The van der Waals surface area contributed by atoms with Crippen LogP contribution in [0.3, 0.4) is 0 Å². The summed E-state index contributed by atoms with van der Waals surface area (Å²) in [6, 6.07) is 10.0. The maximum atomic E-state index is 12.1. The molecule has 1 aliphatic rings. The third kappa shape index (κ3) is 5.90. The summed E-state index contributed by atoms with van der Waals surface area (Å²) in [5, 5.41) is 0. The van der Waals surface area contributed by atoms with Crippen LogP contribution < -0.4 is 4.90 Å². The zero-order valence-corrected chi connectivity index (χ0v) is 12.7. The molecule has 0 radical (unpaired) electrons. The lowest BCUT2D eigenvalue weighted by molar-refractivity contribution is -0.898. The van der Waals surface area contributed by atoms with Gasteiger partial charge < -0.3 is 9.80 Å². The Kier molecular flexibility index (Phi) is 5.98. The third-order valence-electron chi connectivity index (χ3n) is 3.74. The first-order valence-corrected chi connectivity index (χ1v) is 7.54. The Morgan fingerprint density at radius 2 is 1.83 bits per heavy atom. The molecule has 1 aliphatic heterocycles. The lowest BCUT2D eigenvalue weighted by atomic mass is 10.2. The first-order valence-electron chi connectivity index (χ1n) is 7.54. The summed E-state index contributed by atoms with van der Waals surface area (Å²) >= 11 is 0. The molecule has 0 atom stereocenters. The number of halogens is 3. The van der Waals surface area contributed by atoms with Crippen LogP contribution in [0.2, 0.25) is 0 Å². The summed E-state index contributed by atoms with van der Waals surface area (Å²) in [4.78, 5) is 13.9. The molecule has 23 heavy (non-hydrogen) atoms. The second kappa shape index (κ2) is 7.97. The van der Waals surface area contributed by atoms with Gasteiger partial charge in [0.1, 0.15) is 0 Å². The number of allylic oxidation sites excluding steroid dienone is 1. The van der Waals surface area contributed by atoms with E-state index in [1.807, 2.05) is 30.3 Å². The van der Waals surface area contributed by atoms with Gasteiger partial charge in [0, 0.05) is 12.3 Å². The predicted octanol–water partition coefficient (Wildman–Crippen LogP) is 1.55. The Morgan fingerprint density at radius 3 is 2.43 bits per heavy atom. The van der Waals surface area contributed by atoms with Gasteiger partial charge >= 0.3 is 6.18 Å². The molecule has 1 N–H and O–H groups in total. The Hall–Kier alpha value is -2.08. The Bertz CT molecular complexity index is 559. The van der Waals surface area contributed by atoms with E-state index in [4.69, 9.17) is 0 Å². The van der Waals surface area contributed by atoms with Gasteiger partial charge in [0.15, 0.2) is 0 Å². The van der Waals surface area contributed by atoms with Crippen molar-refractivity contribution in [2.75, 3.05) is 32.7 Å². The molecule has 124 valence electrons. The van der Waals surface area contributed by atoms with Gasteiger partial charge in [0.25, 0.3) is 5.78 Å². The number of nitrogens with zero attached hydrogens (tertiary/aromatic N) is 1. The van der Waals surface area contributed by atoms with E-state index in [1.165, 1.54) is 11.1 Å². The van der Waals surface area contributed by atoms with E-state index in [2.05, 4.69) is 12.2 Å². The summed E-state index contributed by atoms with van der Waals surface area (Å²) in [5.74, 6) is -1.81. The highest BCUT2D eigenvalue weighted by Crippen LogP contribution is 2.16. The fourth-order valence-electron chi connectivity index (χ4n) is 2.39. The predicted molar refractivity (Wildman–Crippen MR) is 82.8 cm³/mol. The number of hydrogen-bond acceptors (Lipinski definition) is 2. The minimum absolute atomic E-state index is 0.611. The van der Waals surface area contributed by atoms with Crippen LogP contribution in [-0.4, -0.2) is 49.6 Å². The van der Waals surface area contributed by atoms with E-state index in [0.717, 1.165) is 25.2 Å². The van der Waals surface area contributed by atoms with Gasteiger partial charge in [-0.2, -0.15) is 13.2 Å². The van der Waals surface area contributed by atoms with Crippen molar-refractivity contribution >= 4 is 11.9 Å². The number of carbonyl (C=O) groups excluding carboxylic acids is 1. The largest absolute Gasteiger partial charge is 0.454 e. The zero-order valence-electron chi connectivity index (χ0n) is 12.7. The normalized spacial score (nSPS) is 17.3. The molecule has 1 aromatic rings. The van der Waals surface area contributed by atoms with Crippen LogP contribution in [0.4, 0.5) is 13.2 Å². The average molecular weight is 325 g/mol. The molecule has 1 saturated heterocycles. The maximum Gasteiger partial charge on any atom is 0.454 e. The van der Waals surface area contributed by atoms with Crippen molar-refractivity contribution in [2.45, 2.75) is 6.18 Å². The van der Waals surface area contributed by atoms with Gasteiger partial charge in [-0.25, -0.2) is 0 Å². The van der Waals surface area contributed by atoms with E-state index in [-0.39, 0.29) is 0 Å². The Balaban J connectivity index is 1.73. The molecule has 0 spiro atoms. The minimum atomic E-state index is -4.79. The molecule has 1 aromatic carbocycles. The SMILES string of the molecule is O=C(/C=C/N1CC[NH+](C/C=C/c2ccccc2)CC1)C(F)(F)F. The maximum absolute atomic E-state index is 12.1. The Morgan fingerprint density at radius 1 is 1.17 bits per heavy atom. The van der Waals surface area contributed by atoms with E-state index in [1.54, 1.807) is 4.90 Å². The summed E-state index contributed by atoms with van der Waals surface area (Å²) in [7, 11) is 0. The monoisotopic (exact) mass is 325 g/mol. The number of piperazine rings is 1. The number of carbonyl (C=O) groups is 1. The van der Waals surface area contributed by atoms with Crippen molar-refractivity contribution < 1.29 is 22.9 Å². The van der Waals surface area contributed by atoms with E-state index < -0.39 is 12.0 Å². The van der Waals surface area contributed by atoms with Crippen molar-refractivity contribution in [3.63, 3.8) is 0 Å². The van der Waals surface area contributed by atoms with E-state index >= 15 is 0 Å². The second-order valence-electron chi connectivity index (χ2n) is 5.48.